The minimum atomic E-state index is -0.847. The Morgan fingerprint density at radius 1 is 1.15 bits per heavy atom. The van der Waals surface area contributed by atoms with Gasteiger partial charge in [0.2, 0.25) is 5.78 Å². The molecule has 0 amide bonds. The highest BCUT2D eigenvalue weighted by Gasteiger charge is 2.23. The number of anilines is 1. The first kappa shape index (κ1) is 25.4. The summed E-state index contributed by atoms with van der Waals surface area (Å²) in [6.45, 7) is 4.64. The Labute approximate surface area is 191 Å². The zero-order chi connectivity index (χ0) is 24.7. The van der Waals surface area contributed by atoms with E-state index in [0.717, 1.165) is 14.7 Å². The summed E-state index contributed by atoms with van der Waals surface area (Å²) in [5, 5.41) is 0. The van der Waals surface area contributed by atoms with Crippen LogP contribution < -0.4 is 26.5 Å². The number of aromatic nitrogens is 2. The lowest BCUT2D eigenvalue weighted by molar-refractivity contribution is -0.144. The van der Waals surface area contributed by atoms with Gasteiger partial charge in [-0.3, -0.25) is 18.7 Å². The molecule has 0 unspecified atom stereocenters. The van der Waals surface area contributed by atoms with Crippen molar-refractivity contribution in [1.82, 2.24) is 9.13 Å². The number of carbonyl (C=O) groups excluding carboxylic acids is 2. The first-order chi connectivity index (χ1) is 15.6. The molecule has 0 saturated heterocycles. The normalized spacial score (nSPS) is 11.1. The molecule has 2 rings (SSSR count). The number of allylic oxidation sites excluding steroid dienone is 1. The first-order valence-electron chi connectivity index (χ1n) is 10.3. The molecule has 0 aliphatic rings. The number of ketones is 1. The van der Waals surface area contributed by atoms with Gasteiger partial charge in [0.25, 0.3) is 5.56 Å². The number of rotatable bonds is 10. The van der Waals surface area contributed by atoms with Crippen molar-refractivity contribution in [3.63, 3.8) is 0 Å². The predicted molar refractivity (Wildman–Crippen MR) is 124 cm³/mol. The lowest BCUT2D eigenvalue weighted by Gasteiger charge is -2.16. The molecule has 0 aliphatic carbocycles. The standard InChI is InChI=1S/C23H29N3O7/c1-6-7-15-8-9-17(18(10-15)31-5)32-13-19(28)33-12-16(27)20-21(24)26(11-14(2)3)23(30)25(4)22(20)29/h6-10,14H,11-13,24H2,1-5H3. The van der Waals surface area contributed by atoms with Gasteiger partial charge in [-0.25, -0.2) is 9.59 Å². The van der Waals surface area contributed by atoms with Crippen LogP contribution in [-0.2, 0) is 23.1 Å². The van der Waals surface area contributed by atoms with Gasteiger partial charge in [-0.15, -0.1) is 0 Å². The fourth-order valence-electron chi connectivity index (χ4n) is 3.08. The molecular formula is C23H29N3O7. The quantitative estimate of drug-likeness (QED) is 0.419. The van der Waals surface area contributed by atoms with Crippen LogP contribution in [0.5, 0.6) is 11.5 Å². The maximum Gasteiger partial charge on any atom is 0.344 e. The van der Waals surface area contributed by atoms with E-state index in [1.165, 1.54) is 14.2 Å². The highest BCUT2D eigenvalue weighted by molar-refractivity contribution is 6.01. The minimum absolute atomic E-state index is 0.0458. The Balaban J connectivity index is 2.10. The summed E-state index contributed by atoms with van der Waals surface area (Å²) in [5.41, 5.74) is 4.99. The Hall–Kier alpha value is -3.82. The molecule has 2 aromatic rings. The van der Waals surface area contributed by atoms with E-state index in [1.54, 1.807) is 18.2 Å². The summed E-state index contributed by atoms with van der Waals surface area (Å²) >= 11 is 0. The van der Waals surface area contributed by atoms with Gasteiger partial charge in [0.1, 0.15) is 11.4 Å². The van der Waals surface area contributed by atoms with Gasteiger partial charge in [0.15, 0.2) is 24.7 Å². The second kappa shape index (κ2) is 11.2. The maximum atomic E-state index is 12.6. The topological polar surface area (TPSA) is 132 Å². The van der Waals surface area contributed by atoms with Crippen molar-refractivity contribution < 1.29 is 23.8 Å². The lowest BCUT2D eigenvalue weighted by Crippen LogP contribution is -2.43. The molecule has 2 N–H and O–H groups in total. The van der Waals surface area contributed by atoms with Gasteiger partial charge in [0, 0.05) is 13.6 Å². The van der Waals surface area contributed by atoms with Gasteiger partial charge in [0.05, 0.1) is 7.11 Å². The molecule has 1 aromatic heterocycles. The Morgan fingerprint density at radius 2 is 1.85 bits per heavy atom. The average molecular weight is 459 g/mol. The second-order valence-corrected chi connectivity index (χ2v) is 7.69. The Morgan fingerprint density at radius 3 is 2.45 bits per heavy atom. The van der Waals surface area contributed by atoms with Crippen molar-refractivity contribution in [2.45, 2.75) is 27.3 Å². The van der Waals surface area contributed by atoms with Crippen LogP contribution in [0.4, 0.5) is 5.82 Å². The van der Waals surface area contributed by atoms with Crippen LogP contribution in [-0.4, -0.2) is 41.2 Å². The van der Waals surface area contributed by atoms with Gasteiger partial charge in [-0.2, -0.15) is 0 Å². The molecule has 33 heavy (non-hydrogen) atoms. The molecule has 178 valence electrons. The molecule has 1 aromatic carbocycles. The number of benzene rings is 1. The van der Waals surface area contributed by atoms with E-state index in [1.807, 2.05) is 32.9 Å². The minimum Gasteiger partial charge on any atom is -0.493 e. The SMILES string of the molecule is CC=Cc1ccc(OCC(=O)OCC(=O)c2c(N)n(CC(C)C)c(=O)n(C)c2=O)c(OC)c1. The summed E-state index contributed by atoms with van der Waals surface area (Å²) < 4.78 is 17.6. The second-order valence-electron chi connectivity index (χ2n) is 7.69. The maximum absolute atomic E-state index is 12.6. The third kappa shape index (κ3) is 6.12. The molecule has 0 radical (unpaired) electrons. The zero-order valence-corrected chi connectivity index (χ0v) is 19.4. The molecule has 0 aliphatic heterocycles. The van der Waals surface area contributed by atoms with Crippen molar-refractivity contribution in [2.75, 3.05) is 26.1 Å². The van der Waals surface area contributed by atoms with Crippen LogP contribution in [0.15, 0.2) is 33.9 Å². The molecule has 10 heteroatoms. The summed E-state index contributed by atoms with van der Waals surface area (Å²) in [6.07, 6.45) is 3.76. The van der Waals surface area contributed by atoms with Crippen LogP contribution >= 0.6 is 0 Å². The highest BCUT2D eigenvalue weighted by Crippen LogP contribution is 2.28. The number of carbonyl (C=O) groups is 2. The van der Waals surface area contributed by atoms with E-state index in [0.29, 0.717) is 11.5 Å². The summed E-state index contributed by atoms with van der Waals surface area (Å²) in [4.78, 5) is 49.5. The highest BCUT2D eigenvalue weighted by atomic mass is 16.6. The van der Waals surface area contributed by atoms with E-state index in [2.05, 4.69) is 0 Å². The smallest absolute Gasteiger partial charge is 0.344 e. The van der Waals surface area contributed by atoms with Crippen LogP contribution in [0.2, 0.25) is 0 Å². The van der Waals surface area contributed by atoms with Crippen LogP contribution in [0.3, 0.4) is 0 Å². The third-order valence-corrected chi connectivity index (χ3v) is 4.67. The number of methoxy groups -OCH3 is 1. The van der Waals surface area contributed by atoms with E-state index < -0.39 is 41.8 Å². The molecule has 0 bridgehead atoms. The van der Waals surface area contributed by atoms with Crippen molar-refractivity contribution in [1.29, 1.82) is 0 Å². The summed E-state index contributed by atoms with van der Waals surface area (Å²) in [6, 6.07) is 5.18. The fourth-order valence-corrected chi connectivity index (χ4v) is 3.08. The number of esters is 1. The van der Waals surface area contributed by atoms with Crippen molar-refractivity contribution >= 4 is 23.6 Å². The fraction of sp³-hybridized carbons (Fsp3) is 0.391. The van der Waals surface area contributed by atoms with Crippen LogP contribution in [0, 0.1) is 5.92 Å². The first-order valence-corrected chi connectivity index (χ1v) is 10.3. The van der Waals surface area contributed by atoms with Gasteiger partial charge in [-0.1, -0.05) is 32.1 Å². The monoisotopic (exact) mass is 459 g/mol. The number of nitrogens with two attached hydrogens (primary N) is 1. The average Bonchev–Trinajstić information content (AvgIpc) is 2.78. The molecule has 0 spiro atoms. The molecule has 0 atom stereocenters. The number of nitrogen functional groups attached to an aromatic ring is 1. The van der Waals surface area contributed by atoms with E-state index in [4.69, 9.17) is 19.9 Å². The van der Waals surface area contributed by atoms with E-state index in [-0.39, 0.29) is 18.3 Å². The number of ether oxygens (including phenoxy) is 3. The molecule has 10 nitrogen and oxygen atoms in total. The van der Waals surface area contributed by atoms with Gasteiger partial charge < -0.3 is 19.9 Å². The zero-order valence-electron chi connectivity index (χ0n) is 19.4. The molecular weight excluding hydrogens is 430 g/mol. The van der Waals surface area contributed by atoms with Crippen LogP contribution in [0.1, 0.15) is 36.7 Å². The molecule has 1 heterocycles. The van der Waals surface area contributed by atoms with Gasteiger partial charge >= 0.3 is 11.7 Å². The number of hydrogen-bond donors (Lipinski definition) is 1. The largest absolute Gasteiger partial charge is 0.493 e. The van der Waals surface area contributed by atoms with Crippen molar-refractivity contribution in [3.8, 4) is 11.5 Å². The Bertz CT molecular complexity index is 1180. The number of hydrogen-bond acceptors (Lipinski definition) is 8. The van der Waals surface area contributed by atoms with Crippen molar-refractivity contribution in [2.24, 2.45) is 13.0 Å². The summed E-state index contributed by atoms with van der Waals surface area (Å²) in [5.74, 6) is -1.09. The van der Waals surface area contributed by atoms with Gasteiger partial charge in [-0.05, 0) is 30.5 Å². The number of Topliss-reactive ketones (excluding diaryl/α,β-unsaturated/α-hetero) is 1. The van der Waals surface area contributed by atoms with E-state index >= 15 is 0 Å². The molecule has 0 fully saturated rings. The number of nitrogens with zero attached hydrogens (tertiary/aromatic N) is 2. The lowest BCUT2D eigenvalue weighted by atomic mass is 10.1. The predicted octanol–water partition coefficient (Wildman–Crippen LogP) is 1.63. The van der Waals surface area contributed by atoms with Crippen molar-refractivity contribution in [3.05, 3.63) is 56.2 Å². The van der Waals surface area contributed by atoms with E-state index in [9.17, 15) is 19.2 Å². The third-order valence-electron chi connectivity index (χ3n) is 4.67. The summed E-state index contributed by atoms with van der Waals surface area (Å²) in [7, 11) is 2.73. The Kier molecular flexibility index (Phi) is 8.61. The van der Waals surface area contributed by atoms with Crippen LogP contribution in [0.25, 0.3) is 6.08 Å². The molecule has 0 saturated carbocycles.